The van der Waals surface area contributed by atoms with E-state index in [9.17, 15) is 18.0 Å². The Labute approximate surface area is 122 Å². The summed E-state index contributed by atoms with van der Waals surface area (Å²) in [5.74, 6) is -3.69. The molecule has 2 N–H and O–H groups in total. The Morgan fingerprint density at radius 1 is 1.29 bits per heavy atom. The molecule has 1 rings (SSSR count). The zero-order valence-corrected chi connectivity index (χ0v) is 12.5. The van der Waals surface area contributed by atoms with Gasteiger partial charge in [-0.05, 0) is 24.3 Å². The average Bonchev–Trinajstić information content (AvgIpc) is 2.38. The van der Waals surface area contributed by atoms with Gasteiger partial charge in [0.1, 0.15) is 11.5 Å². The minimum absolute atomic E-state index is 0.433. The average molecular weight is 315 g/mol. The quantitative estimate of drug-likeness (QED) is 0.769. The first-order valence-corrected chi connectivity index (χ1v) is 7.93. The minimum atomic E-state index is -3.78. The molecule has 0 aliphatic carbocycles. The number of rotatable bonds is 7. The van der Waals surface area contributed by atoms with Crippen molar-refractivity contribution >= 4 is 27.4 Å². The van der Waals surface area contributed by atoms with Crippen LogP contribution in [0.5, 0.6) is 5.75 Å². The highest BCUT2D eigenvalue weighted by Gasteiger charge is 2.23. The first-order valence-electron chi connectivity index (χ1n) is 6.10. The maximum absolute atomic E-state index is 11.7. The molecule has 21 heavy (non-hydrogen) atoms. The predicted molar refractivity (Wildman–Crippen MR) is 77.1 cm³/mol. The topological polar surface area (TPSA) is 110 Å². The van der Waals surface area contributed by atoms with Gasteiger partial charge < -0.3 is 15.2 Å². The highest BCUT2D eigenvalue weighted by Crippen LogP contribution is 2.15. The van der Waals surface area contributed by atoms with Crippen molar-refractivity contribution in [1.29, 1.82) is 0 Å². The first kappa shape index (κ1) is 17.0. The van der Waals surface area contributed by atoms with E-state index in [-0.39, 0.29) is 0 Å². The highest BCUT2D eigenvalue weighted by atomic mass is 32.2. The summed E-state index contributed by atoms with van der Waals surface area (Å²) in [5, 5.41) is 11.1. The van der Waals surface area contributed by atoms with E-state index in [4.69, 9.17) is 9.84 Å². The van der Waals surface area contributed by atoms with Gasteiger partial charge >= 0.3 is 5.97 Å². The monoisotopic (exact) mass is 315 g/mol. The fourth-order valence-electron chi connectivity index (χ4n) is 1.58. The fourth-order valence-corrected chi connectivity index (χ4v) is 3.08. The Balaban J connectivity index is 2.61. The maximum atomic E-state index is 11.7. The molecule has 0 heterocycles. The lowest BCUT2D eigenvalue weighted by Gasteiger charge is -2.09. The Morgan fingerprint density at radius 3 is 2.33 bits per heavy atom. The van der Waals surface area contributed by atoms with E-state index >= 15 is 0 Å². The van der Waals surface area contributed by atoms with Gasteiger partial charge in [0, 0.05) is 5.69 Å². The summed E-state index contributed by atoms with van der Waals surface area (Å²) in [5.41, 5.74) is 0.433. The third kappa shape index (κ3) is 5.82. The SMILES string of the molecule is COc1ccc(NC(=O)CS(=O)(=O)CC(C)C(=O)O)cc1. The van der Waals surface area contributed by atoms with Crippen LogP contribution in [0.15, 0.2) is 24.3 Å². The number of amides is 1. The molecule has 0 saturated carbocycles. The van der Waals surface area contributed by atoms with Crippen LogP contribution in [-0.2, 0) is 19.4 Å². The molecule has 1 aromatic carbocycles. The van der Waals surface area contributed by atoms with Crippen LogP contribution in [0.25, 0.3) is 0 Å². The van der Waals surface area contributed by atoms with Crippen LogP contribution in [0.1, 0.15) is 6.92 Å². The summed E-state index contributed by atoms with van der Waals surface area (Å²) in [6.45, 7) is 1.28. The maximum Gasteiger partial charge on any atom is 0.307 e. The van der Waals surface area contributed by atoms with Crippen LogP contribution in [0.4, 0.5) is 5.69 Å². The van der Waals surface area contributed by atoms with Gasteiger partial charge in [-0.15, -0.1) is 0 Å². The molecule has 0 saturated heterocycles. The molecular weight excluding hydrogens is 298 g/mol. The second-order valence-corrected chi connectivity index (χ2v) is 6.68. The van der Waals surface area contributed by atoms with Crippen LogP contribution in [0, 0.1) is 5.92 Å². The van der Waals surface area contributed by atoms with E-state index < -0.39 is 39.1 Å². The lowest BCUT2D eigenvalue weighted by Crippen LogP contribution is -2.29. The Hall–Kier alpha value is -2.09. The van der Waals surface area contributed by atoms with Gasteiger partial charge in [-0.2, -0.15) is 0 Å². The standard InChI is InChI=1S/C13H17NO6S/c1-9(13(16)17)7-21(18,19)8-12(15)14-10-3-5-11(20-2)6-4-10/h3-6,9H,7-8H2,1-2H3,(H,14,15)(H,16,17). The van der Waals surface area contributed by atoms with E-state index in [2.05, 4.69) is 5.32 Å². The van der Waals surface area contributed by atoms with Gasteiger partial charge in [-0.1, -0.05) is 6.92 Å². The number of sulfone groups is 1. The number of carboxylic acids is 1. The zero-order valence-electron chi connectivity index (χ0n) is 11.7. The second kappa shape index (κ2) is 7.07. The van der Waals surface area contributed by atoms with Crippen molar-refractivity contribution < 1.29 is 27.9 Å². The molecule has 0 bridgehead atoms. The molecule has 1 amide bonds. The first-order chi connectivity index (χ1) is 9.73. The van der Waals surface area contributed by atoms with Crippen molar-refractivity contribution in [3.05, 3.63) is 24.3 Å². The van der Waals surface area contributed by atoms with Crippen molar-refractivity contribution in [3.63, 3.8) is 0 Å². The van der Waals surface area contributed by atoms with Gasteiger partial charge in [-0.3, -0.25) is 9.59 Å². The predicted octanol–water partition coefficient (Wildman–Crippen LogP) is 0.769. The van der Waals surface area contributed by atoms with Crippen molar-refractivity contribution in [3.8, 4) is 5.75 Å². The number of carboxylic acid groups (broad SMARTS) is 1. The van der Waals surface area contributed by atoms with E-state index in [0.717, 1.165) is 0 Å². The highest BCUT2D eigenvalue weighted by molar-refractivity contribution is 7.92. The number of aliphatic carboxylic acids is 1. The lowest BCUT2D eigenvalue weighted by molar-refractivity contribution is -0.140. The van der Waals surface area contributed by atoms with Gasteiger partial charge in [0.05, 0.1) is 18.8 Å². The van der Waals surface area contributed by atoms with Gasteiger partial charge in [0.2, 0.25) is 5.91 Å². The molecule has 0 spiro atoms. The van der Waals surface area contributed by atoms with Crippen LogP contribution in [0.3, 0.4) is 0 Å². The van der Waals surface area contributed by atoms with Crippen molar-refractivity contribution in [1.82, 2.24) is 0 Å². The Bertz CT molecular complexity index is 608. The number of hydrogen-bond donors (Lipinski definition) is 2. The summed E-state index contributed by atoms with van der Waals surface area (Å²) in [4.78, 5) is 22.3. The summed E-state index contributed by atoms with van der Waals surface area (Å²) in [6, 6.07) is 6.39. The number of anilines is 1. The van der Waals surface area contributed by atoms with Crippen LogP contribution in [0.2, 0.25) is 0 Å². The van der Waals surface area contributed by atoms with Crippen LogP contribution < -0.4 is 10.1 Å². The summed E-state index contributed by atoms with van der Waals surface area (Å²) in [6.07, 6.45) is 0. The van der Waals surface area contributed by atoms with E-state index in [1.807, 2.05) is 0 Å². The molecule has 0 aromatic heterocycles. The molecule has 1 atom stereocenters. The summed E-state index contributed by atoms with van der Waals surface area (Å²) < 4.78 is 28.4. The van der Waals surface area contributed by atoms with Crippen molar-refractivity contribution in [2.24, 2.45) is 5.92 Å². The van der Waals surface area contributed by atoms with Crippen LogP contribution in [-0.4, -0.2) is 44.0 Å². The summed E-state index contributed by atoms with van der Waals surface area (Å²) in [7, 11) is -2.27. The largest absolute Gasteiger partial charge is 0.497 e. The molecule has 0 fully saturated rings. The number of methoxy groups -OCH3 is 1. The third-order valence-corrected chi connectivity index (χ3v) is 4.36. The zero-order chi connectivity index (χ0) is 16.0. The number of benzene rings is 1. The molecule has 116 valence electrons. The number of carbonyl (C=O) groups is 2. The number of nitrogens with one attached hydrogen (secondary N) is 1. The molecule has 7 nitrogen and oxygen atoms in total. The van der Waals surface area contributed by atoms with E-state index in [1.54, 1.807) is 24.3 Å². The van der Waals surface area contributed by atoms with Gasteiger partial charge in [0.25, 0.3) is 0 Å². The van der Waals surface area contributed by atoms with Crippen molar-refractivity contribution in [2.75, 3.05) is 23.9 Å². The fraction of sp³-hybridized carbons (Fsp3) is 0.385. The Morgan fingerprint density at radius 2 is 1.86 bits per heavy atom. The van der Waals surface area contributed by atoms with Gasteiger partial charge in [0.15, 0.2) is 9.84 Å². The number of ether oxygens (including phenoxy) is 1. The molecule has 0 aliphatic rings. The molecule has 0 aliphatic heterocycles. The van der Waals surface area contributed by atoms with Crippen LogP contribution >= 0.6 is 0 Å². The van der Waals surface area contributed by atoms with E-state index in [1.165, 1.54) is 14.0 Å². The normalized spacial score (nSPS) is 12.5. The Kier molecular flexibility index (Phi) is 5.71. The minimum Gasteiger partial charge on any atom is -0.497 e. The second-order valence-electron chi connectivity index (χ2n) is 4.57. The molecule has 8 heteroatoms. The molecule has 1 aromatic rings. The third-order valence-electron chi connectivity index (χ3n) is 2.65. The van der Waals surface area contributed by atoms with E-state index in [0.29, 0.717) is 11.4 Å². The molecule has 1 unspecified atom stereocenters. The lowest BCUT2D eigenvalue weighted by atomic mass is 10.2. The van der Waals surface area contributed by atoms with Gasteiger partial charge in [-0.25, -0.2) is 8.42 Å². The summed E-state index contributed by atoms with van der Waals surface area (Å²) >= 11 is 0. The smallest absolute Gasteiger partial charge is 0.307 e. The molecular formula is C13H17NO6S. The molecule has 0 radical (unpaired) electrons. The number of hydrogen-bond acceptors (Lipinski definition) is 5. The number of carbonyl (C=O) groups excluding carboxylic acids is 1. The van der Waals surface area contributed by atoms with Crippen molar-refractivity contribution in [2.45, 2.75) is 6.92 Å².